The van der Waals surface area contributed by atoms with Gasteiger partial charge in [-0.1, -0.05) is 12.1 Å². The number of nitrogens with zero attached hydrogens (tertiary/aromatic N) is 5. The average Bonchev–Trinajstić information content (AvgIpc) is 3.18. The van der Waals surface area contributed by atoms with Crippen LogP contribution in [-0.4, -0.2) is 44.4 Å². The fourth-order valence-electron chi connectivity index (χ4n) is 2.78. The van der Waals surface area contributed by atoms with Crippen LogP contribution < -0.4 is 5.32 Å². The Morgan fingerprint density at radius 1 is 1.26 bits per heavy atom. The van der Waals surface area contributed by atoms with Crippen molar-refractivity contribution in [2.75, 3.05) is 13.7 Å². The Kier molecular flexibility index (Phi) is 6.22. The smallest absolute Gasteiger partial charge is 0.251 e. The van der Waals surface area contributed by atoms with Crippen LogP contribution in [0.5, 0.6) is 0 Å². The third-order valence-corrected chi connectivity index (χ3v) is 4.15. The van der Waals surface area contributed by atoms with E-state index in [4.69, 9.17) is 4.74 Å². The van der Waals surface area contributed by atoms with Crippen molar-refractivity contribution < 1.29 is 9.53 Å². The summed E-state index contributed by atoms with van der Waals surface area (Å²) in [6.45, 7) is 3.29. The SMILES string of the molecule is COCCCn1cnnc1C(C)NC(=O)c1cccc(-c2cncnc2)c1. The van der Waals surface area contributed by atoms with E-state index in [2.05, 4.69) is 25.5 Å². The fraction of sp³-hybridized carbons (Fsp3) is 0.316. The Hall–Kier alpha value is -3.13. The van der Waals surface area contributed by atoms with Gasteiger partial charge in [0.2, 0.25) is 0 Å². The molecule has 0 saturated carbocycles. The number of hydrogen-bond donors (Lipinski definition) is 1. The molecule has 8 nitrogen and oxygen atoms in total. The van der Waals surface area contributed by atoms with Crippen LogP contribution in [0.25, 0.3) is 11.1 Å². The first-order valence-corrected chi connectivity index (χ1v) is 8.72. The standard InChI is InChI=1S/C19H22N6O2/c1-14(18-24-22-13-25(18)7-4-8-27-2)23-19(26)16-6-3-5-15(9-16)17-10-20-12-21-11-17/h3,5-6,9-14H,4,7-8H2,1-2H3,(H,23,26). The number of benzene rings is 1. The van der Waals surface area contributed by atoms with E-state index in [9.17, 15) is 4.79 Å². The van der Waals surface area contributed by atoms with Crippen molar-refractivity contribution in [1.82, 2.24) is 30.0 Å². The van der Waals surface area contributed by atoms with Gasteiger partial charge in [0.15, 0.2) is 5.82 Å². The number of aryl methyl sites for hydroxylation is 1. The summed E-state index contributed by atoms with van der Waals surface area (Å²) in [5.74, 6) is 0.541. The van der Waals surface area contributed by atoms with Crippen LogP contribution in [0, 0.1) is 0 Å². The lowest BCUT2D eigenvalue weighted by molar-refractivity contribution is 0.0937. The molecule has 140 valence electrons. The Bertz CT molecular complexity index is 881. The highest BCUT2D eigenvalue weighted by Gasteiger charge is 2.17. The number of rotatable bonds is 8. The van der Waals surface area contributed by atoms with Crippen molar-refractivity contribution in [2.24, 2.45) is 0 Å². The Labute approximate surface area is 157 Å². The highest BCUT2D eigenvalue weighted by Crippen LogP contribution is 2.19. The van der Waals surface area contributed by atoms with Crippen LogP contribution >= 0.6 is 0 Å². The van der Waals surface area contributed by atoms with Crippen LogP contribution in [-0.2, 0) is 11.3 Å². The molecule has 0 radical (unpaired) electrons. The second-order valence-corrected chi connectivity index (χ2v) is 6.13. The van der Waals surface area contributed by atoms with Crippen molar-refractivity contribution in [3.05, 3.63) is 60.7 Å². The molecular formula is C19H22N6O2. The summed E-state index contributed by atoms with van der Waals surface area (Å²) in [4.78, 5) is 20.7. The molecule has 0 aliphatic heterocycles. The summed E-state index contributed by atoms with van der Waals surface area (Å²) in [5, 5.41) is 11.1. The lowest BCUT2D eigenvalue weighted by Gasteiger charge is -2.15. The predicted octanol–water partition coefficient (Wildman–Crippen LogP) is 2.26. The number of hydrogen-bond acceptors (Lipinski definition) is 6. The molecule has 1 amide bonds. The number of carbonyl (C=O) groups excluding carboxylic acids is 1. The monoisotopic (exact) mass is 366 g/mol. The lowest BCUT2D eigenvalue weighted by Crippen LogP contribution is -2.28. The van der Waals surface area contributed by atoms with Gasteiger partial charge in [-0.15, -0.1) is 10.2 Å². The van der Waals surface area contributed by atoms with Gasteiger partial charge in [0.25, 0.3) is 5.91 Å². The Morgan fingerprint density at radius 2 is 2.07 bits per heavy atom. The van der Waals surface area contributed by atoms with Crippen molar-refractivity contribution >= 4 is 5.91 Å². The number of aromatic nitrogens is 5. The molecule has 1 unspecified atom stereocenters. The number of methoxy groups -OCH3 is 1. The normalized spacial score (nSPS) is 11.9. The summed E-state index contributed by atoms with van der Waals surface area (Å²) in [6, 6.07) is 7.09. The molecule has 1 aromatic carbocycles. The largest absolute Gasteiger partial charge is 0.385 e. The zero-order chi connectivity index (χ0) is 19.1. The minimum Gasteiger partial charge on any atom is -0.385 e. The van der Waals surface area contributed by atoms with Crippen molar-refractivity contribution in [2.45, 2.75) is 25.9 Å². The van der Waals surface area contributed by atoms with E-state index in [1.807, 2.05) is 29.7 Å². The Morgan fingerprint density at radius 3 is 2.85 bits per heavy atom. The minimum atomic E-state index is -0.272. The molecule has 3 aromatic rings. The van der Waals surface area contributed by atoms with Crippen LogP contribution in [0.1, 0.15) is 35.6 Å². The molecule has 0 saturated heterocycles. The van der Waals surface area contributed by atoms with Gasteiger partial charge in [0.05, 0.1) is 6.04 Å². The van der Waals surface area contributed by atoms with E-state index in [1.54, 1.807) is 31.9 Å². The van der Waals surface area contributed by atoms with Gasteiger partial charge in [-0.25, -0.2) is 9.97 Å². The first-order valence-electron chi connectivity index (χ1n) is 8.72. The number of carbonyl (C=O) groups is 1. The summed E-state index contributed by atoms with van der Waals surface area (Å²) in [7, 11) is 1.67. The molecule has 0 spiro atoms. The van der Waals surface area contributed by atoms with Gasteiger partial charge in [-0.3, -0.25) is 4.79 Å². The molecule has 1 N–H and O–H groups in total. The second kappa shape index (κ2) is 9.00. The number of ether oxygens (including phenoxy) is 1. The van der Waals surface area contributed by atoms with E-state index in [-0.39, 0.29) is 11.9 Å². The van der Waals surface area contributed by atoms with E-state index in [0.29, 0.717) is 18.0 Å². The minimum absolute atomic E-state index is 0.173. The predicted molar refractivity (Wildman–Crippen MR) is 99.9 cm³/mol. The van der Waals surface area contributed by atoms with Crippen molar-refractivity contribution in [1.29, 1.82) is 0 Å². The molecule has 27 heavy (non-hydrogen) atoms. The van der Waals surface area contributed by atoms with Gasteiger partial charge in [0.1, 0.15) is 12.7 Å². The van der Waals surface area contributed by atoms with E-state index >= 15 is 0 Å². The molecule has 3 rings (SSSR count). The maximum absolute atomic E-state index is 12.7. The number of amides is 1. The summed E-state index contributed by atoms with van der Waals surface area (Å²) in [6.07, 6.45) is 7.43. The Balaban J connectivity index is 1.70. The highest BCUT2D eigenvalue weighted by molar-refractivity contribution is 5.95. The molecular weight excluding hydrogens is 344 g/mol. The maximum Gasteiger partial charge on any atom is 0.251 e. The summed E-state index contributed by atoms with van der Waals surface area (Å²) < 4.78 is 7.01. The van der Waals surface area contributed by atoms with Crippen LogP contribution in [0.3, 0.4) is 0 Å². The zero-order valence-electron chi connectivity index (χ0n) is 15.4. The van der Waals surface area contributed by atoms with Crippen molar-refractivity contribution in [3.63, 3.8) is 0 Å². The van der Waals surface area contributed by atoms with Gasteiger partial charge < -0.3 is 14.6 Å². The first kappa shape index (κ1) is 18.7. The molecule has 2 heterocycles. The van der Waals surface area contributed by atoms with Gasteiger partial charge >= 0.3 is 0 Å². The first-order chi connectivity index (χ1) is 13.2. The van der Waals surface area contributed by atoms with E-state index < -0.39 is 0 Å². The van der Waals surface area contributed by atoms with E-state index in [1.165, 1.54) is 6.33 Å². The van der Waals surface area contributed by atoms with Crippen LogP contribution in [0.2, 0.25) is 0 Å². The maximum atomic E-state index is 12.7. The summed E-state index contributed by atoms with van der Waals surface area (Å²) >= 11 is 0. The summed E-state index contributed by atoms with van der Waals surface area (Å²) in [5.41, 5.74) is 2.31. The zero-order valence-corrected chi connectivity index (χ0v) is 15.4. The van der Waals surface area contributed by atoms with E-state index in [0.717, 1.165) is 24.1 Å². The van der Waals surface area contributed by atoms with Crippen LogP contribution in [0.4, 0.5) is 0 Å². The average molecular weight is 366 g/mol. The van der Waals surface area contributed by atoms with Crippen molar-refractivity contribution in [3.8, 4) is 11.1 Å². The fourth-order valence-corrected chi connectivity index (χ4v) is 2.78. The second-order valence-electron chi connectivity index (χ2n) is 6.13. The molecule has 0 bridgehead atoms. The number of nitrogens with one attached hydrogen (secondary N) is 1. The molecule has 2 aromatic heterocycles. The third kappa shape index (κ3) is 4.73. The van der Waals surface area contributed by atoms with Crippen LogP contribution in [0.15, 0.2) is 49.3 Å². The van der Waals surface area contributed by atoms with Gasteiger partial charge in [-0.2, -0.15) is 0 Å². The molecule has 0 aliphatic rings. The highest BCUT2D eigenvalue weighted by atomic mass is 16.5. The molecule has 0 aliphatic carbocycles. The lowest BCUT2D eigenvalue weighted by atomic mass is 10.1. The van der Waals surface area contributed by atoms with Gasteiger partial charge in [-0.05, 0) is 31.0 Å². The third-order valence-electron chi connectivity index (χ3n) is 4.15. The topological polar surface area (TPSA) is 94.8 Å². The molecule has 1 atom stereocenters. The molecule has 8 heteroatoms. The quantitative estimate of drug-likeness (QED) is 0.615. The molecule has 0 fully saturated rings. The van der Waals surface area contributed by atoms with Gasteiger partial charge in [0, 0.05) is 43.8 Å².